The predicted molar refractivity (Wildman–Crippen MR) is 42.8 cm³/mol. The van der Waals surface area contributed by atoms with Gasteiger partial charge >= 0.3 is 0 Å². The second-order valence-electron chi connectivity index (χ2n) is 3.46. The summed E-state index contributed by atoms with van der Waals surface area (Å²) < 4.78 is 0. The first kappa shape index (κ1) is 7.80. The standard InChI is InChI=1S/C9H16O/c1-6-4-9(10)5-7(2)8(6)3/h6,9-10H,4-5H2,1-3H3. The van der Waals surface area contributed by atoms with Crippen LogP contribution in [-0.4, -0.2) is 11.2 Å². The van der Waals surface area contributed by atoms with Gasteiger partial charge in [-0.3, -0.25) is 0 Å². The minimum atomic E-state index is -0.0845. The minimum absolute atomic E-state index is 0.0845. The maximum Gasteiger partial charge on any atom is 0.0582 e. The molecule has 1 rings (SSSR count). The van der Waals surface area contributed by atoms with Crippen molar-refractivity contribution in [3.8, 4) is 0 Å². The van der Waals surface area contributed by atoms with Crippen LogP contribution < -0.4 is 0 Å². The van der Waals surface area contributed by atoms with Crippen LogP contribution in [0.25, 0.3) is 0 Å². The molecule has 0 saturated carbocycles. The van der Waals surface area contributed by atoms with Crippen LogP contribution >= 0.6 is 0 Å². The molecule has 1 aliphatic rings. The van der Waals surface area contributed by atoms with Crippen molar-refractivity contribution in [2.45, 2.75) is 39.7 Å². The van der Waals surface area contributed by atoms with Crippen LogP contribution in [0.1, 0.15) is 33.6 Å². The molecule has 2 atom stereocenters. The molecule has 0 aromatic heterocycles. The third kappa shape index (κ3) is 1.40. The predicted octanol–water partition coefficient (Wildman–Crippen LogP) is 2.11. The Labute approximate surface area is 62.8 Å². The Kier molecular flexibility index (Phi) is 2.14. The summed E-state index contributed by atoms with van der Waals surface area (Å²) in [5.41, 5.74) is 2.86. The molecule has 0 aromatic carbocycles. The summed E-state index contributed by atoms with van der Waals surface area (Å²) in [7, 11) is 0. The van der Waals surface area contributed by atoms with Gasteiger partial charge < -0.3 is 5.11 Å². The second kappa shape index (κ2) is 2.75. The third-order valence-corrected chi connectivity index (χ3v) is 2.58. The highest BCUT2D eigenvalue weighted by molar-refractivity contribution is 5.16. The van der Waals surface area contributed by atoms with E-state index in [1.807, 2.05) is 0 Å². The third-order valence-electron chi connectivity index (χ3n) is 2.58. The van der Waals surface area contributed by atoms with E-state index in [0.717, 1.165) is 12.8 Å². The lowest BCUT2D eigenvalue weighted by Gasteiger charge is -2.25. The summed E-state index contributed by atoms with van der Waals surface area (Å²) in [6, 6.07) is 0. The summed E-state index contributed by atoms with van der Waals surface area (Å²) in [6.07, 6.45) is 1.75. The van der Waals surface area contributed by atoms with Gasteiger partial charge in [0.2, 0.25) is 0 Å². The maximum absolute atomic E-state index is 9.33. The lowest BCUT2D eigenvalue weighted by molar-refractivity contribution is 0.142. The van der Waals surface area contributed by atoms with E-state index in [2.05, 4.69) is 20.8 Å². The molecule has 1 aliphatic carbocycles. The molecule has 0 radical (unpaired) electrons. The summed E-state index contributed by atoms with van der Waals surface area (Å²) >= 11 is 0. The van der Waals surface area contributed by atoms with E-state index < -0.39 is 0 Å². The number of hydrogen-bond acceptors (Lipinski definition) is 1. The van der Waals surface area contributed by atoms with Crippen LogP contribution in [0.5, 0.6) is 0 Å². The molecule has 1 heteroatoms. The number of aliphatic hydroxyl groups is 1. The molecule has 0 fully saturated rings. The molecule has 0 bridgehead atoms. The Morgan fingerprint density at radius 1 is 1.40 bits per heavy atom. The molecular formula is C9H16O. The topological polar surface area (TPSA) is 20.2 Å². The van der Waals surface area contributed by atoms with Crippen LogP contribution in [-0.2, 0) is 0 Å². The van der Waals surface area contributed by atoms with Gasteiger partial charge in [-0.2, -0.15) is 0 Å². The molecule has 0 spiro atoms. The van der Waals surface area contributed by atoms with E-state index in [4.69, 9.17) is 0 Å². The van der Waals surface area contributed by atoms with Gasteiger partial charge in [0.05, 0.1) is 6.10 Å². The SMILES string of the molecule is CC1=C(C)C(C)CC(O)C1. The van der Waals surface area contributed by atoms with Crippen molar-refractivity contribution in [2.24, 2.45) is 5.92 Å². The Morgan fingerprint density at radius 2 is 2.00 bits per heavy atom. The van der Waals surface area contributed by atoms with Gasteiger partial charge in [-0.25, -0.2) is 0 Å². The molecular weight excluding hydrogens is 124 g/mol. The van der Waals surface area contributed by atoms with E-state index in [1.54, 1.807) is 0 Å². The monoisotopic (exact) mass is 140 g/mol. The Morgan fingerprint density at radius 3 is 2.50 bits per heavy atom. The van der Waals surface area contributed by atoms with Crippen LogP contribution in [0.4, 0.5) is 0 Å². The van der Waals surface area contributed by atoms with Gasteiger partial charge in [0, 0.05) is 0 Å². The van der Waals surface area contributed by atoms with E-state index in [1.165, 1.54) is 11.1 Å². The summed E-state index contributed by atoms with van der Waals surface area (Å²) in [4.78, 5) is 0. The molecule has 1 N–H and O–H groups in total. The van der Waals surface area contributed by atoms with Gasteiger partial charge in [-0.05, 0) is 32.6 Å². The zero-order valence-corrected chi connectivity index (χ0v) is 7.02. The minimum Gasteiger partial charge on any atom is -0.393 e. The van der Waals surface area contributed by atoms with Crippen molar-refractivity contribution >= 4 is 0 Å². The first-order chi connectivity index (χ1) is 4.61. The Balaban J connectivity index is 2.74. The van der Waals surface area contributed by atoms with E-state index in [0.29, 0.717) is 5.92 Å². The fraction of sp³-hybridized carbons (Fsp3) is 0.778. The van der Waals surface area contributed by atoms with Crippen LogP contribution in [0.15, 0.2) is 11.1 Å². The van der Waals surface area contributed by atoms with Gasteiger partial charge in [0.15, 0.2) is 0 Å². The lowest BCUT2D eigenvalue weighted by atomic mass is 9.84. The van der Waals surface area contributed by atoms with Crippen molar-refractivity contribution in [1.29, 1.82) is 0 Å². The summed E-state index contributed by atoms with van der Waals surface area (Å²) in [5, 5.41) is 9.33. The fourth-order valence-electron chi connectivity index (χ4n) is 1.60. The van der Waals surface area contributed by atoms with Crippen LogP contribution in [0, 0.1) is 5.92 Å². The van der Waals surface area contributed by atoms with Gasteiger partial charge in [0.1, 0.15) is 0 Å². The largest absolute Gasteiger partial charge is 0.393 e. The highest BCUT2D eigenvalue weighted by atomic mass is 16.3. The average molecular weight is 140 g/mol. The molecule has 0 heterocycles. The lowest BCUT2D eigenvalue weighted by Crippen LogP contribution is -2.19. The number of hydrogen-bond donors (Lipinski definition) is 1. The molecule has 2 unspecified atom stereocenters. The molecule has 1 nitrogen and oxygen atoms in total. The fourth-order valence-corrected chi connectivity index (χ4v) is 1.60. The highest BCUT2D eigenvalue weighted by Crippen LogP contribution is 2.28. The Hall–Kier alpha value is -0.300. The first-order valence-corrected chi connectivity index (χ1v) is 3.95. The van der Waals surface area contributed by atoms with E-state index >= 15 is 0 Å². The second-order valence-corrected chi connectivity index (χ2v) is 3.46. The molecule has 58 valence electrons. The molecule has 0 aliphatic heterocycles. The quantitative estimate of drug-likeness (QED) is 0.511. The smallest absolute Gasteiger partial charge is 0.0582 e. The molecule has 0 aromatic rings. The van der Waals surface area contributed by atoms with Crippen molar-refractivity contribution in [3.63, 3.8) is 0 Å². The van der Waals surface area contributed by atoms with Crippen LogP contribution in [0.3, 0.4) is 0 Å². The van der Waals surface area contributed by atoms with Crippen molar-refractivity contribution in [3.05, 3.63) is 11.1 Å². The molecule has 0 saturated heterocycles. The average Bonchev–Trinajstić information content (AvgIpc) is 1.82. The van der Waals surface area contributed by atoms with E-state index in [-0.39, 0.29) is 6.10 Å². The summed E-state index contributed by atoms with van der Waals surface area (Å²) in [5.74, 6) is 0.587. The zero-order valence-electron chi connectivity index (χ0n) is 7.02. The number of allylic oxidation sites excluding steroid dienone is 1. The molecule has 0 amide bonds. The van der Waals surface area contributed by atoms with Crippen LogP contribution in [0.2, 0.25) is 0 Å². The summed E-state index contributed by atoms with van der Waals surface area (Å²) in [6.45, 7) is 6.47. The first-order valence-electron chi connectivity index (χ1n) is 3.95. The van der Waals surface area contributed by atoms with Crippen molar-refractivity contribution in [2.75, 3.05) is 0 Å². The van der Waals surface area contributed by atoms with Crippen molar-refractivity contribution in [1.82, 2.24) is 0 Å². The van der Waals surface area contributed by atoms with E-state index in [9.17, 15) is 5.11 Å². The van der Waals surface area contributed by atoms with Gasteiger partial charge in [-0.15, -0.1) is 0 Å². The highest BCUT2D eigenvalue weighted by Gasteiger charge is 2.19. The van der Waals surface area contributed by atoms with Crippen molar-refractivity contribution < 1.29 is 5.11 Å². The Bertz CT molecular complexity index is 158. The van der Waals surface area contributed by atoms with Gasteiger partial charge in [-0.1, -0.05) is 18.1 Å². The number of aliphatic hydroxyl groups excluding tert-OH is 1. The normalized spacial score (nSPS) is 34.8. The van der Waals surface area contributed by atoms with Gasteiger partial charge in [0.25, 0.3) is 0 Å². The molecule has 10 heavy (non-hydrogen) atoms. The maximum atomic E-state index is 9.33. The zero-order chi connectivity index (χ0) is 7.72. The number of rotatable bonds is 0.